The van der Waals surface area contributed by atoms with Crippen LogP contribution in [0.5, 0.6) is 0 Å². The van der Waals surface area contributed by atoms with Crippen LogP contribution in [-0.4, -0.2) is 47.3 Å². The van der Waals surface area contributed by atoms with Gasteiger partial charge in [0, 0.05) is 32.2 Å². The first-order valence-corrected chi connectivity index (χ1v) is 6.37. The first-order chi connectivity index (χ1) is 8.09. The molecule has 0 unspecified atom stereocenters. The minimum absolute atomic E-state index is 0.641. The Morgan fingerprint density at radius 1 is 1.12 bits per heavy atom. The Balaban J connectivity index is 2.08. The van der Waals surface area contributed by atoms with Crippen LogP contribution in [0.4, 0.5) is 5.82 Å². The third kappa shape index (κ3) is 2.57. The van der Waals surface area contributed by atoms with Crippen LogP contribution in [0.2, 0.25) is 0 Å². The van der Waals surface area contributed by atoms with Crippen LogP contribution in [0, 0.1) is 13.8 Å². The number of aromatic nitrogens is 2. The van der Waals surface area contributed by atoms with Crippen molar-refractivity contribution >= 4 is 5.82 Å². The predicted molar refractivity (Wildman–Crippen MR) is 70.4 cm³/mol. The van der Waals surface area contributed by atoms with E-state index in [4.69, 9.17) is 0 Å². The van der Waals surface area contributed by atoms with Gasteiger partial charge < -0.3 is 4.90 Å². The first-order valence-electron chi connectivity index (χ1n) is 6.37. The number of aryl methyl sites for hydroxylation is 1. The molecule has 4 nitrogen and oxygen atoms in total. The molecule has 0 radical (unpaired) electrons. The molecule has 0 aliphatic carbocycles. The summed E-state index contributed by atoms with van der Waals surface area (Å²) >= 11 is 0. The van der Waals surface area contributed by atoms with E-state index in [1.165, 1.54) is 11.1 Å². The van der Waals surface area contributed by atoms with Crippen molar-refractivity contribution in [1.82, 2.24) is 15.1 Å². The smallest absolute Gasteiger partial charge is 0.154 e. The van der Waals surface area contributed by atoms with Gasteiger partial charge in [-0.25, -0.2) is 0 Å². The van der Waals surface area contributed by atoms with Crippen molar-refractivity contribution in [3.05, 3.63) is 17.3 Å². The Labute approximate surface area is 104 Å². The van der Waals surface area contributed by atoms with E-state index in [2.05, 4.69) is 47.7 Å². The molecule has 0 bridgehead atoms. The van der Waals surface area contributed by atoms with Crippen molar-refractivity contribution in [1.29, 1.82) is 0 Å². The van der Waals surface area contributed by atoms with Gasteiger partial charge in [-0.3, -0.25) is 4.90 Å². The van der Waals surface area contributed by atoms with Crippen LogP contribution in [0.3, 0.4) is 0 Å². The fourth-order valence-electron chi connectivity index (χ4n) is 2.27. The Kier molecular flexibility index (Phi) is 3.62. The second kappa shape index (κ2) is 5.00. The molecule has 4 heteroatoms. The summed E-state index contributed by atoms with van der Waals surface area (Å²) in [7, 11) is 0. The number of nitrogens with zero attached hydrogens (tertiary/aromatic N) is 4. The Hall–Kier alpha value is -1.16. The monoisotopic (exact) mass is 234 g/mol. The van der Waals surface area contributed by atoms with Gasteiger partial charge in [-0.05, 0) is 38.8 Å². The summed E-state index contributed by atoms with van der Waals surface area (Å²) in [5.74, 6) is 1.06. The summed E-state index contributed by atoms with van der Waals surface area (Å²) in [4.78, 5) is 4.86. The van der Waals surface area contributed by atoms with E-state index < -0.39 is 0 Å². The average molecular weight is 234 g/mol. The van der Waals surface area contributed by atoms with Gasteiger partial charge in [0.25, 0.3) is 0 Å². The maximum absolute atomic E-state index is 4.29. The average Bonchev–Trinajstić information content (AvgIpc) is 2.33. The maximum Gasteiger partial charge on any atom is 0.154 e. The molecular weight excluding hydrogens is 212 g/mol. The molecule has 94 valence electrons. The summed E-state index contributed by atoms with van der Waals surface area (Å²) < 4.78 is 0. The van der Waals surface area contributed by atoms with Crippen LogP contribution in [0.1, 0.15) is 25.0 Å². The number of anilines is 1. The largest absolute Gasteiger partial charge is 0.352 e. The molecule has 0 spiro atoms. The zero-order valence-corrected chi connectivity index (χ0v) is 11.3. The topological polar surface area (TPSA) is 32.3 Å². The van der Waals surface area contributed by atoms with E-state index in [9.17, 15) is 0 Å². The zero-order valence-electron chi connectivity index (χ0n) is 11.3. The third-order valence-corrected chi connectivity index (χ3v) is 3.67. The molecule has 1 aromatic heterocycles. The highest BCUT2D eigenvalue weighted by Crippen LogP contribution is 2.20. The van der Waals surface area contributed by atoms with Gasteiger partial charge in [0.1, 0.15) is 0 Å². The Morgan fingerprint density at radius 3 is 2.35 bits per heavy atom. The lowest BCUT2D eigenvalue weighted by Gasteiger charge is -2.37. The van der Waals surface area contributed by atoms with Gasteiger partial charge in [-0.15, -0.1) is 5.10 Å². The van der Waals surface area contributed by atoms with Crippen LogP contribution in [-0.2, 0) is 0 Å². The highest BCUT2D eigenvalue weighted by molar-refractivity contribution is 5.48. The van der Waals surface area contributed by atoms with Crippen LogP contribution >= 0.6 is 0 Å². The standard InChI is InChI=1S/C13H22N4/c1-10(2)16-5-7-17(8-6-16)13-12(4)11(3)9-14-15-13/h9-10H,5-8H2,1-4H3. The summed E-state index contributed by atoms with van der Waals surface area (Å²) in [6, 6.07) is 0.641. The molecule has 1 aromatic rings. The molecule has 2 rings (SSSR count). The number of piperazine rings is 1. The normalized spacial score (nSPS) is 17.8. The molecule has 1 aliphatic rings. The van der Waals surface area contributed by atoms with Gasteiger partial charge in [0.05, 0.1) is 6.20 Å². The van der Waals surface area contributed by atoms with Gasteiger partial charge in [0.15, 0.2) is 5.82 Å². The summed E-state index contributed by atoms with van der Waals surface area (Å²) in [6.07, 6.45) is 1.84. The molecule has 0 atom stereocenters. The van der Waals surface area contributed by atoms with Crippen molar-refractivity contribution in [3.63, 3.8) is 0 Å². The maximum atomic E-state index is 4.29. The summed E-state index contributed by atoms with van der Waals surface area (Å²) in [5, 5.41) is 8.36. The zero-order chi connectivity index (χ0) is 12.4. The third-order valence-electron chi connectivity index (χ3n) is 3.67. The fraction of sp³-hybridized carbons (Fsp3) is 0.692. The lowest BCUT2D eigenvalue weighted by molar-refractivity contribution is 0.209. The molecule has 1 fully saturated rings. The summed E-state index contributed by atoms with van der Waals surface area (Å²) in [5.41, 5.74) is 2.49. The van der Waals surface area contributed by atoms with Crippen LogP contribution in [0.15, 0.2) is 6.20 Å². The van der Waals surface area contributed by atoms with Gasteiger partial charge in [-0.1, -0.05) is 0 Å². The molecule has 0 amide bonds. The van der Waals surface area contributed by atoms with E-state index in [0.717, 1.165) is 32.0 Å². The molecule has 17 heavy (non-hydrogen) atoms. The Morgan fingerprint density at radius 2 is 1.76 bits per heavy atom. The van der Waals surface area contributed by atoms with Crippen molar-refractivity contribution in [3.8, 4) is 0 Å². The van der Waals surface area contributed by atoms with E-state index in [-0.39, 0.29) is 0 Å². The first kappa shape index (κ1) is 12.3. The summed E-state index contributed by atoms with van der Waals surface area (Å²) in [6.45, 7) is 13.1. The highest BCUT2D eigenvalue weighted by atomic mass is 15.3. The molecule has 1 aliphatic heterocycles. The number of hydrogen-bond acceptors (Lipinski definition) is 4. The van der Waals surface area contributed by atoms with E-state index in [1.807, 2.05) is 6.20 Å². The lowest BCUT2D eigenvalue weighted by Crippen LogP contribution is -2.49. The van der Waals surface area contributed by atoms with Crippen molar-refractivity contribution < 1.29 is 0 Å². The van der Waals surface area contributed by atoms with E-state index in [1.54, 1.807) is 0 Å². The number of hydrogen-bond donors (Lipinski definition) is 0. The number of rotatable bonds is 2. The van der Waals surface area contributed by atoms with Crippen molar-refractivity contribution in [2.45, 2.75) is 33.7 Å². The van der Waals surface area contributed by atoms with Gasteiger partial charge >= 0.3 is 0 Å². The highest BCUT2D eigenvalue weighted by Gasteiger charge is 2.21. The van der Waals surface area contributed by atoms with E-state index in [0.29, 0.717) is 6.04 Å². The van der Waals surface area contributed by atoms with Gasteiger partial charge in [-0.2, -0.15) is 5.10 Å². The molecular formula is C13H22N4. The van der Waals surface area contributed by atoms with Crippen molar-refractivity contribution in [2.24, 2.45) is 0 Å². The van der Waals surface area contributed by atoms with Crippen molar-refractivity contribution in [2.75, 3.05) is 31.1 Å². The molecule has 0 aromatic carbocycles. The molecule has 0 N–H and O–H groups in total. The minimum Gasteiger partial charge on any atom is -0.352 e. The van der Waals surface area contributed by atoms with Gasteiger partial charge in [0.2, 0.25) is 0 Å². The molecule has 0 saturated carbocycles. The SMILES string of the molecule is Cc1cnnc(N2CCN(C(C)C)CC2)c1C. The minimum atomic E-state index is 0.641. The second-order valence-electron chi connectivity index (χ2n) is 5.09. The van der Waals surface area contributed by atoms with Crippen LogP contribution in [0.25, 0.3) is 0 Å². The molecule has 2 heterocycles. The quantitative estimate of drug-likeness (QED) is 0.778. The molecule has 1 saturated heterocycles. The lowest BCUT2D eigenvalue weighted by atomic mass is 10.1. The second-order valence-corrected chi connectivity index (χ2v) is 5.09. The Bertz CT molecular complexity index is 381. The predicted octanol–water partition coefficient (Wildman–Crippen LogP) is 1.62. The fourth-order valence-corrected chi connectivity index (χ4v) is 2.27. The van der Waals surface area contributed by atoms with Crippen LogP contribution < -0.4 is 4.90 Å². The van der Waals surface area contributed by atoms with E-state index >= 15 is 0 Å².